The largest absolute Gasteiger partial charge is 0.388 e. The summed E-state index contributed by atoms with van der Waals surface area (Å²) in [4.78, 5) is 59.5. The van der Waals surface area contributed by atoms with Crippen LogP contribution < -0.4 is 5.56 Å². The summed E-state index contributed by atoms with van der Waals surface area (Å²) in [5.41, 5.74) is 3.10. The summed E-state index contributed by atoms with van der Waals surface area (Å²) in [5, 5.41) is 20.6. The van der Waals surface area contributed by atoms with E-state index >= 15 is 0 Å². The number of aryl methyl sites for hydroxylation is 2. The molecule has 6 aromatic rings. The summed E-state index contributed by atoms with van der Waals surface area (Å²) in [5.74, 6) is -0.580. The van der Waals surface area contributed by atoms with Crippen LogP contribution in [0.5, 0.6) is 0 Å². The van der Waals surface area contributed by atoms with Crippen molar-refractivity contribution in [3.05, 3.63) is 118 Å². The number of carbonyl (C=O) groups excluding carboxylic acids is 2. The molecular weight excluding hydrogens is 691 g/mol. The lowest BCUT2D eigenvalue weighted by Crippen LogP contribution is -2.53. The second kappa shape index (κ2) is 14.1. The first-order valence-electron chi connectivity index (χ1n) is 17.8. The SMILES string of the molecule is Cc1ccc(-c2nc(C)c(C(=O)N3CC[C@@H](C(=O)N4CCC(O)(Cn5cnc6c(nnn6-c6ccccc6)c5=O)CC4)[C@H](c4ccccc4)C3)s2)cn1. The molecular formula is C39H39N9O4S. The van der Waals surface area contributed by atoms with Gasteiger partial charge in [-0.3, -0.25) is 23.9 Å². The number of hydrogen-bond donors (Lipinski definition) is 1. The number of aliphatic hydroxyl groups is 1. The number of rotatable bonds is 7. The number of benzene rings is 2. The third-order valence-corrected chi connectivity index (χ3v) is 11.7. The summed E-state index contributed by atoms with van der Waals surface area (Å²) in [6.07, 6.45) is 4.33. The highest BCUT2D eigenvalue weighted by Crippen LogP contribution is 2.37. The highest BCUT2D eigenvalue weighted by atomic mass is 32.1. The van der Waals surface area contributed by atoms with Gasteiger partial charge in [0.05, 0.1) is 23.5 Å². The average molecular weight is 730 g/mol. The Balaban J connectivity index is 0.954. The molecule has 4 aromatic heterocycles. The lowest BCUT2D eigenvalue weighted by atomic mass is 9.79. The smallest absolute Gasteiger partial charge is 0.283 e. The first-order valence-corrected chi connectivity index (χ1v) is 18.6. The van der Waals surface area contributed by atoms with Crippen LogP contribution in [0.4, 0.5) is 0 Å². The first kappa shape index (κ1) is 34.5. The predicted octanol–water partition coefficient (Wildman–Crippen LogP) is 4.41. The van der Waals surface area contributed by atoms with Gasteiger partial charge in [0.2, 0.25) is 5.91 Å². The van der Waals surface area contributed by atoms with Gasteiger partial charge in [-0.15, -0.1) is 16.4 Å². The van der Waals surface area contributed by atoms with Crippen molar-refractivity contribution >= 4 is 34.3 Å². The molecule has 2 aliphatic heterocycles. The Hall–Kier alpha value is -5.60. The van der Waals surface area contributed by atoms with E-state index in [1.165, 1.54) is 26.9 Å². The molecule has 53 heavy (non-hydrogen) atoms. The Labute approximate surface area is 309 Å². The minimum atomic E-state index is -1.21. The molecule has 0 aliphatic carbocycles. The number of thiazole rings is 1. The number of likely N-dealkylation sites (tertiary alicyclic amines) is 2. The fourth-order valence-corrected chi connectivity index (χ4v) is 8.50. The van der Waals surface area contributed by atoms with E-state index in [1.54, 1.807) is 6.20 Å². The second-order valence-electron chi connectivity index (χ2n) is 14.0. The number of hydrogen-bond acceptors (Lipinski definition) is 10. The Kier molecular flexibility index (Phi) is 9.16. The molecule has 6 heterocycles. The molecule has 2 atom stereocenters. The molecule has 8 rings (SSSR count). The average Bonchev–Trinajstić information content (AvgIpc) is 3.80. The van der Waals surface area contributed by atoms with Crippen LogP contribution in [0.3, 0.4) is 0 Å². The van der Waals surface area contributed by atoms with Crippen LogP contribution >= 0.6 is 11.3 Å². The fourth-order valence-electron chi connectivity index (χ4n) is 7.48. The van der Waals surface area contributed by atoms with Crippen molar-refractivity contribution in [2.24, 2.45) is 5.92 Å². The number of para-hydroxylation sites is 1. The molecule has 1 N–H and O–H groups in total. The van der Waals surface area contributed by atoms with Crippen molar-refractivity contribution in [3.63, 3.8) is 0 Å². The molecule has 0 saturated carbocycles. The molecule has 0 unspecified atom stereocenters. The van der Waals surface area contributed by atoms with Crippen LogP contribution in [0, 0.1) is 19.8 Å². The number of piperidine rings is 2. The standard InChI is InChI=1S/C39H39N9O4S/c1-25-13-14-28(21-40-25)35-42-26(2)33(53-35)38(51)46-18-15-30(31(22-46)27-9-5-3-6-10-27)36(49)45-19-16-39(52,17-20-45)23-47-24-41-34-32(37(47)50)43-44-48(34)29-11-7-4-8-12-29/h3-14,21,24,30-31,52H,15-20,22-23H2,1-2H3/t30-,31+/m1/s1. The maximum absolute atomic E-state index is 14.3. The Morgan fingerprint density at radius 3 is 2.38 bits per heavy atom. The van der Waals surface area contributed by atoms with Gasteiger partial charge >= 0.3 is 0 Å². The summed E-state index contributed by atoms with van der Waals surface area (Å²) in [6, 6.07) is 23.2. The van der Waals surface area contributed by atoms with Crippen LogP contribution in [-0.4, -0.2) is 93.0 Å². The predicted molar refractivity (Wildman–Crippen MR) is 200 cm³/mol. The van der Waals surface area contributed by atoms with Crippen LogP contribution in [0.15, 0.2) is 90.1 Å². The van der Waals surface area contributed by atoms with Crippen molar-refractivity contribution in [2.45, 2.75) is 51.2 Å². The van der Waals surface area contributed by atoms with Gasteiger partial charge in [-0.2, -0.15) is 4.68 Å². The number of aromatic nitrogens is 7. The minimum absolute atomic E-state index is 0.0221. The molecule has 2 amide bonds. The molecule has 270 valence electrons. The minimum Gasteiger partial charge on any atom is -0.388 e. The van der Waals surface area contributed by atoms with Crippen molar-refractivity contribution < 1.29 is 14.7 Å². The van der Waals surface area contributed by atoms with Crippen LogP contribution in [0.2, 0.25) is 0 Å². The van der Waals surface area contributed by atoms with Gasteiger partial charge in [0.15, 0.2) is 11.2 Å². The molecule has 13 nitrogen and oxygen atoms in total. The van der Waals surface area contributed by atoms with Gasteiger partial charge in [-0.05, 0) is 62.9 Å². The lowest BCUT2D eigenvalue weighted by Gasteiger charge is -2.43. The Morgan fingerprint density at radius 1 is 0.925 bits per heavy atom. The zero-order chi connectivity index (χ0) is 36.7. The summed E-state index contributed by atoms with van der Waals surface area (Å²) >= 11 is 1.37. The van der Waals surface area contributed by atoms with Gasteiger partial charge in [0.1, 0.15) is 16.2 Å². The van der Waals surface area contributed by atoms with Gasteiger partial charge in [-0.1, -0.05) is 53.7 Å². The Bertz CT molecular complexity index is 2330. The molecule has 14 heteroatoms. The number of amides is 2. The van der Waals surface area contributed by atoms with Crippen molar-refractivity contribution in [3.8, 4) is 16.3 Å². The lowest BCUT2D eigenvalue weighted by molar-refractivity contribution is -0.142. The third kappa shape index (κ3) is 6.75. The van der Waals surface area contributed by atoms with E-state index in [9.17, 15) is 19.5 Å². The maximum Gasteiger partial charge on any atom is 0.283 e. The second-order valence-corrected chi connectivity index (χ2v) is 15.0. The molecule has 2 aliphatic rings. The zero-order valence-corrected chi connectivity index (χ0v) is 30.3. The van der Waals surface area contributed by atoms with Gasteiger partial charge < -0.3 is 14.9 Å². The van der Waals surface area contributed by atoms with Gasteiger partial charge in [0.25, 0.3) is 11.5 Å². The molecule has 2 fully saturated rings. The van der Waals surface area contributed by atoms with E-state index in [4.69, 9.17) is 4.98 Å². The normalized spacial score (nSPS) is 18.7. The molecule has 0 spiro atoms. The number of fused-ring (bicyclic) bond motifs is 1. The highest BCUT2D eigenvalue weighted by Gasteiger charge is 2.42. The first-order chi connectivity index (χ1) is 25.7. The quantitative estimate of drug-likeness (QED) is 0.252. The van der Waals surface area contributed by atoms with Crippen molar-refractivity contribution in [1.29, 1.82) is 0 Å². The van der Waals surface area contributed by atoms with Crippen LogP contribution in [-0.2, 0) is 11.3 Å². The number of nitrogens with zero attached hydrogens (tertiary/aromatic N) is 9. The Morgan fingerprint density at radius 2 is 1.66 bits per heavy atom. The van der Waals surface area contributed by atoms with Crippen LogP contribution in [0.1, 0.15) is 51.8 Å². The monoisotopic (exact) mass is 729 g/mol. The number of carbonyl (C=O) groups is 2. The summed E-state index contributed by atoms with van der Waals surface area (Å²) in [7, 11) is 0. The highest BCUT2D eigenvalue weighted by molar-refractivity contribution is 7.17. The molecule has 0 bridgehead atoms. The molecule has 2 aromatic carbocycles. The van der Waals surface area contributed by atoms with E-state index in [0.717, 1.165) is 27.5 Å². The summed E-state index contributed by atoms with van der Waals surface area (Å²) in [6.45, 7) is 5.37. The topological polar surface area (TPSA) is 152 Å². The zero-order valence-electron chi connectivity index (χ0n) is 29.5. The molecule has 0 radical (unpaired) electrons. The van der Waals surface area contributed by atoms with E-state index in [-0.39, 0.29) is 41.3 Å². The van der Waals surface area contributed by atoms with Crippen LogP contribution in [0.25, 0.3) is 27.4 Å². The fraction of sp³-hybridized carbons (Fsp3) is 0.333. The van der Waals surface area contributed by atoms with Gasteiger partial charge in [0, 0.05) is 55.5 Å². The maximum atomic E-state index is 14.3. The van der Waals surface area contributed by atoms with E-state index < -0.39 is 5.60 Å². The van der Waals surface area contributed by atoms with Crippen molar-refractivity contribution in [2.75, 3.05) is 26.2 Å². The summed E-state index contributed by atoms with van der Waals surface area (Å²) < 4.78 is 2.90. The third-order valence-electron chi connectivity index (χ3n) is 10.5. The van der Waals surface area contributed by atoms with E-state index in [2.05, 4.69) is 20.3 Å². The van der Waals surface area contributed by atoms with E-state index in [1.807, 2.05) is 96.4 Å². The molecule has 2 saturated heterocycles. The number of pyridine rings is 1. The van der Waals surface area contributed by atoms with Crippen molar-refractivity contribution in [1.82, 2.24) is 44.3 Å². The van der Waals surface area contributed by atoms with Gasteiger partial charge in [-0.25, -0.2) is 9.97 Å². The van der Waals surface area contributed by atoms with E-state index in [0.29, 0.717) is 61.7 Å².